The maximum Gasteiger partial charge on any atom is 0.0992 e. The van der Waals surface area contributed by atoms with Crippen LogP contribution in [0.5, 0.6) is 0 Å². The van der Waals surface area contributed by atoms with E-state index in [-0.39, 0.29) is 0 Å². The Balaban J connectivity index is 2.21. The number of hydrogen-bond donors (Lipinski definition) is 0. The fourth-order valence-electron chi connectivity index (χ4n) is 2.01. The van der Waals surface area contributed by atoms with Gasteiger partial charge in [-0.1, -0.05) is 6.07 Å². The van der Waals surface area contributed by atoms with E-state index in [0.717, 1.165) is 24.4 Å². The van der Waals surface area contributed by atoms with E-state index in [1.165, 1.54) is 5.69 Å². The van der Waals surface area contributed by atoms with Crippen LogP contribution in [-0.4, -0.2) is 23.6 Å². The summed E-state index contributed by atoms with van der Waals surface area (Å²) in [6.07, 6.45) is 0. The number of benzene rings is 1. The van der Waals surface area contributed by atoms with Crippen LogP contribution in [0.4, 0.5) is 5.69 Å². The summed E-state index contributed by atoms with van der Waals surface area (Å²) in [5, 5.41) is 8.89. The molecule has 1 fully saturated rings. The van der Waals surface area contributed by atoms with E-state index in [4.69, 9.17) is 5.26 Å². The molecular weight excluding hydrogens is 216 g/mol. The Hall–Kier alpha value is -1.14. The second-order valence-electron chi connectivity index (χ2n) is 4.69. The van der Waals surface area contributed by atoms with Crippen molar-refractivity contribution in [3.05, 3.63) is 29.8 Å². The molecule has 1 aliphatic heterocycles. The average Bonchev–Trinajstić information content (AvgIpc) is 2.28. The molecule has 0 saturated carbocycles. The van der Waals surface area contributed by atoms with Crippen molar-refractivity contribution in [3.63, 3.8) is 0 Å². The molecule has 2 rings (SSSR count). The molecule has 1 aromatic rings. The lowest BCUT2D eigenvalue weighted by molar-refractivity contribution is 0.648. The van der Waals surface area contributed by atoms with Crippen LogP contribution in [0.15, 0.2) is 24.3 Å². The molecule has 0 unspecified atom stereocenters. The standard InChI is InChI=1S/C13H16N2S/c1-13(2)10-15(6-7-16-13)12-5-3-4-11(8-12)9-14/h3-5,8H,6-7,10H2,1-2H3. The van der Waals surface area contributed by atoms with Gasteiger partial charge in [0, 0.05) is 29.3 Å². The SMILES string of the molecule is CC1(C)CN(c2cccc(C#N)c2)CCS1. The van der Waals surface area contributed by atoms with Crippen LogP contribution >= 0.6 is 11.8 Å². The number of nitrogens with zero attached hydrogens (tertiary/aromatic N) is 2. The minimum atomic E-state index is 0.306. The summed E-state index contributed by atoms with van der Waals surface area (Å²) < 4.78 is 0.306. The van der Waals surface area contributed by atoms with Crippen molar-refractivity contribution in [3.8, 4) is 6.07 Å². The van der Waals surface area contributed by atoms with E-state index >= 15 is 0 Å². The second-order valence-corrected chi connectivity index (χ2v) is 6.49. The van der Waals surface area contributed by atoms with Crippen molar-refractivity contribution in [2.45, 2.75) is 18.6 Å². The van der Waals surface area contributed by atoms with Gasteiger partial charge >= 0.3 is 0 Å². The fraction of sp³-hybridized carbons (Fsp3) is 0.462. The smallest absolute Gasteiger partial charge is 0.0992 e. The average molecular weight is 232 g/mol. The van der Waals surface area contributed by atoms with Crippen LogP contribution in [0.25, 0.3) is 0 Å². The molecule has 0 N–H and O–H groups in total. The Labute approximate surface area is 101 Å². The van der Waals surface area contributed by atoms with E-state index in [9.17, 15) is 0 Å². The third-order valence-electron chi connectivity index (χ3n) is 2.77. The molecule has 1 aromatic carbocycles. The van der Waals surface area contributed by atoms with E-state index in [2.05, 4.69) is 30.9 Å². The van der Waals surface area contributed by atoms with E-state index in [1.54, 1.807) is 0 Å². The summed E-state index contributed by atoms with van der Waals surface area (Å²) in [5.74, 6) is 1.16. The maximum absolute atomic E-state index is 8.89. The molecule has 0 atom stereocenters. The van der Waals surface area contributed by atoms with Crippen molar-refractivity contribution in [2.24, 2.45) is 0 Å². The quantitative estimate of drug-likeness (QED) is 0.745. The molecule has 0 bridgehead atoms. The first-order chi connectivity index (χ1) is 7.61. The van der Waals surface area contributed by atoms with Crippen LogP contribution in [0.2, 0.25) is 0 Å². The van der Waals surface area contributed by atoms with Gasteiger partial charge in [0.05, 0.1) is 11.6 Å². The lowest BCUT2D eigenvalue weighted by Crippen LogP contribution is -2.43. The molecule has 0 aromatic heterocycles. The Bertz CT molecular complexity index is 420. The molecular formula is C13H16N2S. The van der Waals surface area contributed by atoms with Crippen LogP contribution in [0.3, 0.4) is 0 Å². The van der Waals surface area contributed by atoms with Crippen LogP contribution in [0, 0.1) is 11.3 Å². The van der Waals surface area contributed by atoms with Gasteiger partial charge in [0.2, 0.25) is 0 Å². The van der Waals surface area contributed by atoms with E-state index < -0.39 is 0 Å². The normalized spacial score (nSPS) is 19.2. The summed E-state index contributed by atoms with van der Waals surface area (Å²) in [6, 6.07) is 10.1. The summed E-state index contributed by atoms with van der Waals surface area (Å²) in [5.41, 5.74) is 1.92. The molecule has 16 heavy (non-hydrogen) atoms. The van der Waals surface area contributed by atoms with Crippen molar-refractivity contribution < 1.29 is 0 Å². The zero-order valence-corrected chi connectivity index (χ0v) is 10.5. The van der Waals surface area contributed by atoms with E-state index in [1.807, 2.05) is 30.0 Å². The summed E-state index contributed by atoms with van der Waals surface area (Å²) in [4.78, 5) is 2.37. The van der Waals surface area contributed by atoms with Gasteiger partial charge in [-0.05, 0) is 32.0 Å². The third kappa shape index (κ3) is 2.51. The molecule has 2 nitrogen and oxygen atoms in total. The molecule has 0 aliphatic carbocycles. The minimum Gasteiger partial charge on any atom is -0.369 e. The Morgan fingerprint density at radius 3 is 2.94 bits per heavy atom. The zero-order chi connectivity index (χ0) is 11.6. The first-order valence-corrected chi connectivity index (χ1v) is 6.48. The largest absolute Gasteiger partial charge is 0.369 e. The van der Waals surface area contributed by atoms with Gasteiger partial charge < -0.3 is 4.90 Å². The van der Waals surface area contributed by atoms with Gasteiger partial charge in [-0.15, -0.1) is 0 Å². The van der Waals surface area contributed by atoms with Crippen molar-refractivity contribution >= 4 is 17.4 Å². The molecule has 1 saturated heterocycles. The Morgan fingerprint density at radius 2 is 2.25 bits per heavy atom. The minimum absolute atomic E-state index is 0.306. The second kappa shape index (κ2) is 4.39. The van der Waals surface area contributed by atoms with Crippen molar-refractivity contribution in [2.75, 3.05) is 23.7 Å². The van der Waals surface area contributed by atoms with E-state index in [0.29, 0.717) is 4.75 Å². The number of anilines is 1. The number of thioether (sulfide) groups is 1. The molecule has 0 spiro atoms. The number of hydrogen-bond acceptors (Lipinski definition) is 3. The first-order valence-electron chi connectivity index (χ1n) is 5.50. The lowest BCUT2D eigenvalue weighted by Gasteiger charge is -2.39. The Kier molecular flexibility index (Phi) is 3.11. The third-order valence-corrected chi connectivity index (χ3v) is 4.06. The Morgan fingerprint density at radius 1 is 1.44 bits per heavy atom. The molecule has 1 aliphatic rings. The summed E-state index contributed by atoms with van der Waals surface area (Å²) >= 11 is 2.02. The van der Waals surface area contributed by atoms with Gasteiger partial charge in [0.15, 0.2) is 0 Å². The highest BCUT2D eigenvalue weighted by Crippen LogP contribution is 2.32. The van der Waals surface area contributed by atoms with Crippen LogP contribution in [-0.2, 0) is 0 Å². The first kappa shape index (κ1) is 11.3. The zero-order valence-electron chi connectivity index (χ0n) is 9.73. The fourth-order valence-corrected chi connectivity index (χ4v) is 3.12. The summed E-state index contributed by atoms with van der Waals surface area (Å²) in [7, 11) is 0. The molecule has 84 valence electrons. The number of nitriles is 1. The molecule has 3 heteroatoms. The van der Waals surface area contributed by atoms with Gasteiger partial charge in [-0.25, -0.2) is 0 Å². The monoisotopic (exact) mass is 232 g/mol. The van der Waals surface area contributed by atoms with Gasteiger partial charge in [0.1, 0.15) is 0 Å². The predicted molar refractivity (Wildman–Crippen MR) is 69.9 cm³/mol. The summed E-state index contributed by atoms with van der Waals surface area (Å²) in [6.45, 7) is 6.67. The van der Waals surface area contributed by atoms with Gasteiger partial charge in [-0.2, -0.15) is 17.0 Å². The highest BCUT2D eigenvalue weighted by Gasteiger charge is 2.27. The molecule has 1 heterocycles. The van der Waals surface area contributed by atoms with Gasteiger partial charge in [0.25, 0.3) is 0 Å². The van der Waals surface area contributed by atoms with Crippen molar-refractivity contribution in [1.82, 2.24) is 0 Å². The maximum atomic E-state index is 8.89. The predicted octanol–water partition coefficient (Wildman–Crippen LogP) is 2.89. The van der Waals surface area contributed by atoms with Crippen LogP contribution < -0.4 is 4.90 Å². The van der Waals surface area contributed by atoms with Gasteiger partial charge in [-0.3, -0.25) is 0 Å². The highest BCUT2D eigenvalue weighted by atomic mass is 32.2. The topological polar surface area (TPSA) is 27.0 Å². The lowest BCUT2D eigenvalue weighted by atomic mass is 10.1. The molecule has 0 radical (unpaired) electrons. The number of rotatable bonds is 1. The highest BCUT2D eigenvalue weighted by molar-refractivity contribution is 8.00. The van der Waals surface area contributed by atoms with Crippen molar-refractivity contribution in [1.29, 1.82) is 5.26 Å². The van der Waals surface area contributed by atoms with Crippen LogP contribution in [0.1, 0.15) is 19.4 Å². The molecule has 0 amide bonds.